The lowest BCUT2D eigenvalue weighted by atomic mass is 9.99. The van der Waals surface area contributed by atoms with E-state index in [4.69, 9.17) is 9.15 Å². The number of benzene rings is 1. The summed E-state index contributed by atoms with van der Waals surface area (Å²) in [6, 6.07) is 7.33. The van der Waals surface area contributed by atoms with Crippen LogP contribution in [0.5, 0.6) is 0 Å². The van der Waals surface area contributed by atoms with Gasteiger partial charge in [-0.3, -0.25) is 0 Å². The summed E-state index contributed by atoms with van der Waals surface area (Å²) in [5.74, 6) is -0.302. The largest absolute Gasteiger partial charge is 0.472 e. The zero-order valence-corrected chi connectivity index (χ0v) is 12.6. The zero-order chi connectivity index (χ0) is 16.1. The van der Waals surface area contributed by atoms with Crippen LogP contribution in [0.15, 0.2) is 47.3 Å². The van der Waals surface area contributed by atoms with Gasteiger partial charge in [-0.1, -0.05) is 12.1 Å². The first-order chi connectivity index (χ1) is 11.2. The Balaban J connectivity index is 1.65. The molecule has 1 aliphatic heterocycles. The molecule has 0 spiro atoms. The number of nitrogens with one attached hydrogen (secondary N) is 2. The Labute approximate surface area is 133 Å². The third-order valence-corrected chi connectivity index (χ3v) is 3.89. The van der Waals surface area contributed by atoms with E-state index < -0.39 is 0 Å². The summed E-state index contributed by atoms with van der Waals surface area (Å²) in [7, 11) is 0. The maximum absolute atomic E-state index is 13.1. The number of carbonyl (C=O) groups is 1. The Hall–Kier alpha value is -2.34. The molecule has 122 valence electrons. The molecular formula is C17H19FN2O3. The number of hydrogen-bond acceptors (Lipinski definition) is 3. The van der Waals surface area contributed by atoms with Crippen LogP contribution in [0.4, 0.5) is 9.18 Å². The molecule has 0 radical (unpaired) electrons. The van der Waals surface area contributed by atoms with E-state index in [9.17, 15) is 9.18 Å². The van der Waals surface area contributed by atoms with Crippen molar-refractivity contribution >= 4 is 6.03 Å². The first-order valence-electron chi connectivity index (χ1n) is 7.65. The Bertz CT molecular complexity index is 622. The van der Waals surface area contributed by atoms with Crippen molar-refractivity contribution in [2.24, 2.45) is 0 Å². The molecule has 23 heavy (non-hydrogen) atoms. The lowest BCUT2D eigenvalue weighted by Gasteiger charge is -2.25. The van der Waals surface area contributed by atoms with Crippen LogP contribution in [0, 0.1) is 5.82 Å². The molecule has 2 aromatic rings. The van der Waals surface area contributed by atoms with Crippen molar-refractivity contribution in [3.63, 3.8) is 0 Å². The number of furan rings is 1. The summed E-state index contributed by atoms with van der Waals surface area (Å²) in [4.78, 5) is 12.2. The molecule has 1 fully saturated rings. The van der Waals surface area contributed by atoms with Crippen molar-refractivity contribution in [2.75, 3.05) is 6.61 Å². The smallest absolute Gasteiger partial charge is 0.315 e. The number of amides is 2. The summed E-state index contributed by atoms with van der Waals surface area (Å²) in [6.45, 7) is 1.06. The molecule has 0 bridgehead atoms. The number of carbonyl (C=O) groups excluding carboxylic acids is 1. The SMILES string of the molecule is O=C(NCc1ccoc1)N[C@@H](c1ccc(F)cc1)[C@@H]1CCCO1. The number of urea groups is 1. The molecule has 3 rings (SSSR count). The monoisotopic (exact) mass is 318 g/mol. The Morgan fingerprint density at radius 2 is 2.13 bits per heavy atom. The quantitative estimate of drug-likeness (QED) is 0.890. The van der Waals surface area contributed by atoms with Crippen LogP contribution >= 0.6 is 0 Å². The highest BCUT2D eigenvalue weighted by molar-refractivity contribution is 5.74. The van der Waals surface area contributed by atoms with Gasteiger partial charge in [0, 0.05) is 18.7 Å². The van der Waals surface area contributed by atoms with Crippen molar-refractivity contribution < 1.29 is 18.3 Å². The second-order valence-electron chi connectivity index (χ2n) is 5.54. The fourth-order valence-corrected chi connectivity index (χ4v) is 2.69. The van der Waals surface area contributed by atoms with Crippen molar-refractivity contribution in [1.82, 2.24) is 10.6 Å². The van der Waals surface area contributed by atoms with Gasteiger partial charge in [0.05, 0.1) is 24.7 Å². The maximum Gasteiger partial charge on any atom is 0.315 e. The average molecular weight is 318 g/mol. The third kappa shape index (κ3) is 4.10. The zero-order valence-electron chi connectivity index (χ0n) is 12.6. The minimum Gasteiger partial charge on any atom is -0.472 e. The molecule has 1 aromatic carbocycles. The highest BCUT2D eigenvalue weighted by Gasteiger charge is 2.28. The van der Waals surface area contributed by atoms with Crippen molar-refractivity contribution in [3.8, 4) is 0 Å². The van der Waals surface area contributed by atoms with Crippen molar-refractivity contribution in [3.05, 3.63) is 59.8 Å². The number of rotatable bonds is 5. The molecule has 5 nitrogen and oxygen atoms in total. The molecule has 2 atom stereocenters. The fraction of sp³-hybridized carbons (Fsp3) is 0.353. The minimum absolute atomic E-state index is 0.0971. The van der Waals surface area contributed by atoms with Gasteiger partial charge < -0.3 is 19.8 Å². The van der Waals surface area contributed by atoms with Crippen molar-refractivity contribution in [1.29, 1.82) is 0 Å². The van der Waals surface area contributed by atoms with Gasteiger partial charge in [-0.15, -0.1) is 0 Å². The molecule has 6 heteroatoms. The second-order valence-corrected chi connectivity index (χ2v) is 5.54. The van der Waals surface area contributed by atoms with Crippen LogP contribution in [0.2, 0.25) is 0 Å². The fourth-order valence-electron chi connectivity index (χ4n) is 2.69. The van der Waals surface area contributed by atoms with Gasteiger partial charge in [-0.25, -0.2) is 9.18 Å². The summed E-state index contributed by atoms with van der Waals surface area (Å²) in [5.41, 5.74) is 1.72. The molecule has 1 aromatic heterocycles. The molecular weight excluding hydrogens is 299 g/mol. The molecule has 1 aliphatic rings. The van der Waals surface area contributed by atoms with Crippen LogP contribution in [0.25, 0.3) is 0 Å². The lowest BCUT2D eigenvalue weighted by Crippen LogP contribution is -2.41. The van der Waals surface area contributed by atoms with Crippen LogP contribution < -0.4 is 10.6 Å². The third-order valence-electron chi connectivity index (χ3n) is 3.89. The highest BCUT2D eigenvalue weighted by Crippen LogP contribution is 2.27. The summed E-state index contributed by atoms with van der Waals surface area (Å²) < 4.78 is 23.8. The predicted molar refractivity (Wildman–Crippen MR) is 82.2 cm³/mol. The van der Waals surface area contributed by atoms with Gasteiger partial charge in [0.15, 0.2) is 0 Å². The molecule has 2 heterocycles. The number of hydrogen-bond donors (Lipinski definition) is 2. The van der Waals surface area contributed by atoms with E-state index in [0.29, 0.717) is 13.2 Å². The molecule has 2 N–H and O–H groups in total. The number of ether oxygens (including phenoxy) is 1. The van der Waals surface area contributed by atoms with Crippen LogP contribution in [0.3, 0.4) is 0 Å². The van der Waals surface area contributed by atoms with E-state index in [1.807, 2.05) is 0 Å². The average Bonchev–Trinajstić information content (AvgIpc) is 3.25. The summed E-state index contributed by atoms with van der Waals surface area (Å²) in [5, 5.41) is 5.71. The first kappa shape index (κ1) is 15.6. The first-order valence-corrected chi connectivity index (χ1v) is 7.65. The van der Waals surface area contributed by atoms with E-state index in [1.165, 1.54) is 12.1 Å². The Morgan fingerprint density at radius 3 is 2.78 bits per heavy atom. The maximum atomic E-state index is 13.1. The predicted octanol–water partition coefficient (Wildman–Crippen LogP) is 3.14. The van der Waals surface area contributed by atoms with Gasteiger partial charge >= 0.3 is 6.03 Å². The van der Waals surface area contributed by atoms with Gasteiger partial charge in [0.1, 0.15) is 5.82 Å². The number of halogens is 1. The Kier molecular flexibility index (Phi) is 4.92. The van der Waals surface area contributed by atoms with Crippen molar-refractivity contribution in [2.45, 2.75) is 31.5 Å². The summed E-state index contributed by atoms with van der Waals surface area (Å²) >= 11 is 0. The van der Waals surface area contributed by atoms with Crippen LogP contribution in [-0.2, 0) is 11.3 Å². The molecule has 0 unspecified atom stereocenters. The van der Waals surface area contributed by atoms with E-state index in [0.717, 1.165) is 24.0 Å². The minimum atomic E-state index is -0.303. The Morgan fingerprint density at radius 1 is 1.30 bits per heavy atom. The van der Waals surface area contributed by atoms with E-state index in [2.05, 4.69) is 10.6 Å². The van der Waals surface area contributed by atoms with E-state index >= 15 is 0 Å². The molecule has 1 saturated heterocycles. The second kappa shape index (κ2) is 7.28. The summed E-state index contributed by atoms with van der Waals surface area (Å²) in [6.07, 6.45) is 4.87. The topological polar surface area (TPSA) is 63.5 Å². The van der Waals surface area contributed by atoms with Gasteiger partial charge in [-0.05, 0) is 36.6 Å². The lowest BCUT2D eigenvalue weighted by molar-refractivity contribution is 0.0807. The van der Waals surface area contributed by atoms with Gasteiger partial charge in [0.2, 0.25) is 0 Å². The molecule has 2 amide bonds. The molecule has 0 saturated carbocycles. The molecule has 0 aliphatic carbocycles. The standard InChI is InChI=1S/C17H19FN2O3/c18-14-5-3-13(4-6-14)16(15-2-1-8-23-15)20-17(21)19-10-12-7-9-22-11-12/h3-7,9,11,15-16H,1-2,8,10H2,(H2,19,20,21)/t15-,16-/m0/s1. The highest BCUT2D eigenvalue weighted by atomic mass is 19.1. The normalized spacial score (nSPS) is 18.6. The van der Waals surface area contributed by atoms with Crippen LogP contribution in [-0.4, -0.2) is 18.7 Å². The van der Waals surface area contributed by atoms with E-state index in [-0.39, 0.29) is 24.0 Å². The van der Waals surface area contributed by atoms with Gasteiger partial charge in [0.25, 0.3) is 0 Å². The van der Waals surface area contributed by atoms with Crippen LogP contribution in [0.1, 0.15) is 30.0 Å². The van der Waals surface area contributed by atoms with Gasteiger partial charge in [-0.2, -0.15) is 0 Å². The van der Waals surface area contributed by atoms with E-state index in [1.54, 1.807) is 30.7 Å².